The van der Waals surface area contributed by atoms with E-state index in [2.05, 4.69) is 18.4 Å². The molecule has 0 aliphatic heterocycles. The van der Waals surface area contributed by atoms with Crippen LogP contribution in [0.1, 0.15) is 245 Å². The molecule has 14 nitrogen and oxygen atoms in total. The number of carbonyl (C=O) groups excluding carboxylic acids is 2. The summed E-state index contributed by atoms with van der Waals surface area (Å²) in [4.78, 5) is 60.4. The molecule has 1 saturated carbocycles. The Bertz CT molecular complexity index is 1200. The van der Waals surface area contributed by atoms with Gasteiger partial charge in [-0.3, -0.25) is 14.2 Å². The summed E-state index contributed by atoms with van der Waals surface area (Å²) in [7, 11) is -10.9. The molecule has 1 aliphatic rings. The van der Waals surface area contributed by atoms with E-state index in [9.17, 15) is 43.6 Å². The second kappa shape index (κ2) is 39.1. The molecule has 63 heavy (non-hydrogen) atoms. The average Bonchev–Trinajstić information content (AvgIpc) is 3.23. The van der Waals surface area contributed by atoms with E-state index in [0.29, 0.717) is 12.8 Å². The molecule has 0 heterocycles. The van der Waals surface area contributed by atoms with Crippen molar-refractivity contribution in [3.05, 3.63) is 0 Å². The van der Waals surface area contributed by atoms with Gasteiger partial charge in [0.05, 0.1) is 26.6 Å². The Labute approximate surface area is 381 Å². The lowest BCUT2D eigenvalue weighted by Gasteiger charge is -2.43. The molecule has 1 aliphatic carbocycles. The fourth-order valence-corrected chi connectivity index (χ4v) is 9.67. The molecule has 16 heteroatoms. The van der Waals surface area contributed by atoms with Crippen LogP contribution in [0.5, 0.6) is 0 Å². The summed E-state index contributed by atoms with van der Waals surface area (Å²) in [5.41, 5.74) is 0. The molecule has 0 radical (unpaired) electrons. The summed E-state index contributed by atoms with van der Waals surface area (Å²) < 4.78 is 48.9. The van der Waals surface area contributed by atoms with E-state index in [1.54, 1.807) is 0 Å². The minimum atomic E-state index is -5.54. The van der Waals surface area contributed by atoms with Gasteiger partial charge < -0.3 is 52.5 Å². The summed E-state index contributed by atoms with van der Waals surface area (Å²) in [6, 6.07) is 0. The zero-order chi connectivity index (χ0) is 46.4. The minimum Gasteiger partial charge on any atom is -0.790 e. The third-order valence-electron chi connectivity index (χ3n) is 12.0. The smallest absolute Gasteiger partial charge is 0.306 e. The summed E-state index contributed by atoms with van der Waals surface area (Å²) in [5.74, 6) is -1.13. The van der Waals surface area contributed by atoms with E-state index in [1.807, 2.05) is 0 Å². The summed E-state index contributed by atoms with van der Waals surface area (Å²) in [5, 5.41) is 20.8. The van der Waals surface area contributed by atoms with Gasteiger partial charge in [0.25, 0.3) is 7.82 Å². The molecule has 374 valence electrons. The standard InChI is InChI=1S/C47H92O14P2/c1-3-5-7-9-11-13-15-17-19-20-22-24-26-28-30-32-34-36-45(50)59-41(40-58-63(55,56)61-47-42(48)37-38-43(46(47)51)60-62(52,53)54)39-57-44(49)35-33-31-29-27-25-23-21-18-16-14-12-10-8-6-4-2/h41-43,46-48,51H,3-40H2,1-2H3,(H,55,56)(H2,52,53,54)/p-3. The van der Waals surface area contributed by atoms with Crippen LogP contribution in [-0.2, 0) is 41.8 Å². The van der Waals surface area contributed by atoms with Crippen molar-refractivity contribution in [2.75, 3.05) is 13.2 Å². The van der Waals surface area contributed by atoms with Crippen LogP contribution < -0.4 is 14.7 Å². The highest BCUT2D eigenvalue weighted by molar-refractivity contribution is 7.45. The number of unbranched alkanes of at least 4 members (excludes halogenated alkanes) is 30. The molecule has 0 aromatic heterocycles. The predicted octanol–water partition coefficient (Wildman–Crippen LogP) is 10.3. The Balaban J connectivity index is 2.45. The number of rotatable bonds is 44. The van der Waals surface area contributed by atoms with Crippen LogP contribution in [0.2, 0.25) is 0 Å². The van der Waals surface area contributed by atoms with Crippen LogP contribution >= 0.6 is 15.6 Å². The van der Waals surface area contributed by atoms with Gasteiger partial charge in [-0.1, -0.05) is 206 Å². The molecule has 0 saturated heterocycles. The third-order valence-corrected chi connectivity index (χ3v) is 13.5. The van der Waals surface area contributed by atoms with Gasteiger partial charge in [0.1, 0.15) is 18.8 Å². The van der Waals surface area contributed by atoms with E-state index >= 15 is 0 Å². The Hall–Kier alpha value is -0.920. The second-order valence-electron chi connectivity index (χ2n) is 17.9. The molecule has 2 N–H and O–H groups in total. The summed E-state index contributed by atoms with van der Waals surface area (Å²) in [6.45, 7) is 3.24. The van der Waals surface area contributed by atoms with Gasteiger partial charge in [-0.2, -0.15) is 0 Å². The molecule has 6 unspecified atom stereocenters. The van der Waals surface area contributed by atoms with Crippen molar-refractivity contribution in [2.45, 2.75) is 276 Å². The summed E-state index contributed by atoms with van der Waals surface area (Å²) >= 11 is 0. The van der Waals surface area contributed by atoms with Gasteiger partial charge in [0.2, 0.25) is 0 Å². The molecule has 1 rings (SSSR count). The number of carbonyl (C=O) groups is 2. The van der Waals surface area contributed by atoms with Crippen LogP contribution in [0.15, 0.2) is 0 Å². The number of hydrogen-bond donors (Lipinski definition) is 2. The quantitative estimate of drug-likeness (QED) is 0.0329. The van der Waals surface area contributed by atoms with Gasteiger partial charge in [0, 0.05) is 12.8 Å². The molecule has 0 aromatic rings. The number of aliphatic hydroxyl groups is 2. The molecule has 0 aromatic carbocycles. The van der Waals surface area contributed by atoms with E-state index in [-0.39, 0.29) is 25.7 Å². The zero-order valence-corrected chi connectivity index (χ0v) is 41.2. The molecule has 1 fully saturated rings. The van der Waals surface area contributed by atoms with Crippen LogP contribution in [0.4, 0.5) is 0 Å². The van der Waals surface area contributed by atoms with E-state index in [4.69, 9.17) is 18.5 Å². The molecular weight excluding hydrogens is 850 g/mol. The fraction of sp³-hybridized carbons (Fsp3) is 0.957. The number of phosphoric acid groups is 2. The van der Waals surface area contributed by atoms with Crippen LogP contribution in [-0.4, -0.2) is 65.9 Å². The number of hydrogen-bond acceptors (Lipinski definition) is 14. The Morgan fingerprint density at radius 1 is 0.524 bits per heavy atom. The lowest BCUT2D eigenvalue weighted by Crippen LogP contribution is -2.52. The average molecular weight is 940 g/mol. The molecular formula is C47H89O14P2-3. The van der Waals surface area contributed by atoms with E-state index < -0.39 is 71.3 Å². The maximum Gasteiger partial charge on any atom is 0.306 e. The lowest BCUT2D eigenvalue weighted by molar-refractivity contribution is -0.348. The topological polar surface area (TPSA) is 224 Å². The largest absolute Gasteiger partial charge is 0.790 e. The number of esters is 2. The fourth-order valence-electron chi connectivity index (χ4n) is 8.13. The highest BCUT2D eigenvalue weighted by atomic mass is 31.2. The van der Waals surface area contributed by atoms with Crippen molar-refractivity contribution >= 4 is 27.6 Å². The van der Waals surface area contributed by atoms with Crippen molar-refractivity contribution in [2.24, 2.45) is 0 Å². The molecule has 0 bridgehead atoms. The third kappa shape index (κ3) is 35.9. The summed E-state index contributed by atoms with van der Waals surface area (Å²) in [6.07, 6.45) is 29.7. The van der Waals surface area contributed by atoms with Crippen LogP contribution in [0.3, 0.4) is 0 Å². The Kier molecular flexibility index (Phi) is 37.3. The zero-order valence-electron chi connectivity index (χ0n) is 39.4. The lowest BCUT2D eigenvalue weighted by atomic mass is 9.90. The van der Waals surface area contributed by atoms with Gasteiger partial charge >= 0.3 is 11.9 Å². The Morgan fingerprint density at radius 2 is 0.889 bits per heavy atom. The molecule has 0 amide bonds. The van der Waals surface area contributed by atoms with Gasteiger partial charge in [-0.25, -0.2) is 0 Å². The van der Waals surface area contributed by atoms with Crippen molar-refractivity contribution in [3.63, 3.8) is 0 Å². The van der Waals surface area contributed by atoms with E-state index in [1.165, 1.54) is 148 Å². The highest BCUT2D eigenvalue weighted by Crippen LogP contribution is 2.44. The molecule has 0 spiro atoms. The maximum absolute atomic E-state index is 12.8. The Morgan fingerprint density at radius 3 is 1.27 bits per heavy atom. The minimum absolute atomic E-state index is 0.0822. The molecule has 6 atom stereocenters. The first-order chi connectivity index (χ1) is 30.3. The monoisotopic (exact) mass is 940 g/mol. The van der Waals surface area contributed by atoms with E-state index in [0.717, 1.165) is 44.9 Å². The normalized spacial score (nSPS) is 19.5. The van der Waals surface area contributed by atoms with Gasteiger partial charge in [-0.15, -0.1) is 0 Å². The van der Waals surface area contributed by atoms with Gasteiger partial charge in [-0.05, 0) is 25.7 Å². The van der Waals surface area contributed by atoms with Gasteiger partial charge in [0.15, 0.2) is 6.10 Å². The van der Waals surface area contributed by atoms with Crippen molar-refractivity contribution in [1.29, 1.82) is 0 Å². The SMILES string of the molecule is CCCCCCCCCCCCCCCCCCCC(=O)OC(COC(=O)CCCCCCCCCCCCCCCCC)COP(=O)([O-])OC1C(O)CCC(OP(=O)([O-])[O-])C1O. The number of ether oxygens (including phenoxy) is 2. The first-order valence-electron chi connectivity index (χ1n) is 25.3. The predicted molar refractivity (Wildman–Crippen MR) is 241 cm³/mol. The van der Waals surface area contributed by atoms with Crippen LogP contribution in [0, 0.1) is 0 Å². The van der Waals surface area contributed by atoms with Crippen molar-refractivity contribution in [1.82, 2.24) is 0 Å². The second-order valence-corrected chi connectivity index (χ2v) is 20.4. The maximum atomic E-state index is 12.8. The highest BCUT2D eigenvalue weighted by Gasteiger charge is 2.42. The number of aliphatic hydroxyl groups excluding tert-OH is 2. The van der Waals surface area contributed by atoms with Crippen LogP contribution in [0.25, 0.3) is 0 Å². The first kappa shape index (κ1) is 60.1. The first-order valence-corrected chi connectivity index (χ1v) is 28.3. The van der Waals surface area contributed by atoms with Crippen molar-refractivity contribution in [3.8, 4) is 0 Å². The van der Waals surface area contributed by atoms with Crippen molar-refractivity contribution < 1.29 is 66.7 Å². The number of phosphoric ester groups is 2.